The van der Waals surface area contributed by atoms with Crippen molar-refractivity contribution in [3.63, 3.8) is 0 Å². The quantitative estimate of drug-likeness (QED) is 0.690. The number of benzene rings is 1. The summed E-state index contributed by atoms with van der Waals surface area (Å²) in [6.07, 6.45) is 4.08. The first-order valence-corrected chi connectivity index (χ1v) is 6.00. The maximum Gasteiger partial charge on any atom is 0.0314 e. The zero-order valence-corrected chi connectivity index (χ0v) is 9.74. The normalized spacial score (nSPS) is 31.5. The van der Waals surface area contributed by atoms with Crippen molar-refractivity contribution in [2.75, 3.05) is 5.73 Å². The maximum atomic E-state index is 5.71. The van der Waals surface area contributed by atoms with E-state index in [2.05, 4.69) is 26.0 Å². The van der Waals surface area contributed by atoms with Gasteiger partial charge in [-0.05, 0) is 54.7 Å². The molecule has 1 heteroatoms. The molecule has 0 spiro atoms. The summed E-state index contributed by atoms with van der Waals surface area (Å²) < 4.78 is 0. The van der Waals surface area contributed by atoms with Crippen molar-refractivity contribution in [2.24, 2.45) is 11.8 Å². The van der Waals surface area contributed by atoms with Gasteiger partial charge in [0.25, 0.3) is 0 Å². The van der Waals surface area contributed by atoms with Crippen molar-refractivity contribution >= 4 is 5.69 Å². The number of anilines is 1. The molecule has 0 radical (unpaired) electrons. The molecule has 2 rings (SSSR count). The lowest BCUT2D eigenvalue weighted by Crippen LogP contribution is -2.18. The highest BCUT2D eigenvalue weighted by Gasteiger charge is 2.24. The van der Waals surface area contributed by atoms with E-state index in [9.17, 15) is 0 Å². The smallest absolute Gasteiger partial charge is 0.0314 e. The minimum absolute atomic E-state index is 0.754. The Hall–Kier alpha value is -0.980. The number of hydrogen-bond acceptors (Lipinski definition) is 1. The van der Waals surface area contributed by atoms with E-state index < -0.39 is 0 Å². The third-order valence-electron chi connectivity index (χ3n) is 3.59. The fourth-order valence-electron chi connectivity index (χ4n) is 2.99. The molecule has 0 saturated heterocycles. The number of nitrogen functional groups attached to an aromatic ring is 1. The predicted molar refractivity (Wildman–Crippen MR) is 65.8 cm³/mol. The maximum absolute atomic E-state index is 5.71. The van der Waals surface area contributed by atoms with Crippen LogP contribution in [0, 0.1) is 11.8 Å². The summed E-state index contributed by atoms with van der Waals surface area (Å²) in [4.78, 5) is 0. The lowest BCUT2D eigenvalue weighted by atomic mass is 9.74. The first-order chi connectivity index (χ1) is 7.15. The highest BCUT2D eigenvalue weighted by Crippen LogP contribution is 2.39. The van der Waals surface area contributed by atoms with Gasteiger partial charge in [-0.1, -0.05) is 26.0 Å². The predicted octanol–water partition coefficient (Wildman–Crippen LogP) is 3.81. The average molecular weight is 203 g/mol. The second-order valence-corrected chi connectivity index (χ2v) is 5.28. The van der Waals surface area contributed by atoms with Gasteiger partial charge in [-0.3, -0.25) is 0 Å². The minimum atomic E-state index is 0.754. The molecule has 15 heavy (non-hydrogen) atoms. The van der Waals surface area contributed by atoms with E-state index in [4.69, 9.17) is 5.73 Å². The van der Waals surface area contributed by atoms with Crippen LogP contribution in [-0.4, -0.2) is 0 Å². The summed E-state index contributed by atoms with van der Waals surface area (Å²) in [5, 5.41) is 0. The number of nitrogens with two attached hydrogens (primary N) is 1. The van der Waals surface area contributed by atoms with Crippen molar-refractivity contribution in [1.82, 2.24) is 0 Å². The molecule has 0 heterocycles. The Labute approximate surface area is 92.7 Å². The van der Waals surface area contributed by atoms with Crippen LogP contribution in [0.3, 0.4) is 0 Å². The Balaban J connectivity index is 2.12. The summed E-state index contributed by atoms with van der Waals surface area (Å²) >= 11 is 0. The summed E-state index contributed by atoms with van der Waals surface area (Å²) in [6, 6.07) is 8.45. The molecule has 2 N–H and O–H groups in total. The molecular formula is C14H21N. The van der Waals surface area contributed by atoms with Gasteiger partial charge in [0.1, 0.15) is 0 Å². The van der Waals surface area contributed by atoms with Gasteiger partial charge in [-0.2, -0.15) is 0 Å². The lowest BCUT2D eigenvalue weighted by molar-refractivity contribution is 0.268. The van der Waals surface area contributed by atoms with Crippen molar-refractivity contribution in [3.05, 3.63) is 29.8 Å². The molecular weight excluding hydrogens is 182 g/mol. The Kier molecular flexibility index (Phi) is 2.99. The molecule has 1 saturated carbocycles. The van der Waals surface area contributed by atoms with Gasteiger partial charge < -0.3 is 5.73 Å². The molecule has 0 aliphatic heterocycles. The van der Waals surface area contributed by atoms with Crippen molar-refractivity contribution < 1.29 is 0 Å². The van der Waals surface area contributed by atoms with Crippen LogP contribution < -0.4 is 5.73 Å². The Morgan fingerprint density at radius 1 is 0.933 bits per heavy atom. The van der Waals surface area contributed by atoms with Crippen LogP contribution >= 0.6 is 0 Å². The van der Waals surface area contributed by atoms with Crippen LogP contribution in [0.4, 0.5) is 5.69 Å². The minimum Gasteiger partial charge on any atom is -0.399 e. The van der Waals surface area contributed by atoms with Crippen LogP contribution in [0.1, 0.15) is 44.6 Å². The first kappa shape index (κ1) is 10.5. The monoisotopic (exact) mass is 203 g/mol. The van der Waals surface area contributed by atoms with Gasteiger partial charge in [0, 0.05) is 5.69 Å². The fraction of sp³-hybridized carbons (Fsp3) is 0.571. The van der Waals surface area contributed by atoms with Crippen molar-refractivity contribution in [1.29, 1.82) is 0 Å². The zero-order valence-electron chi connectivity index (χ0n) is 9.74. The summed E-state index contributed by atoms with van der Waals surface area (Å²) in [5.74, 6) is 2.50. The SMILES string of the molecule is C[C@@H]1CC(c2ccc(N)cc2)C[C@@H](C)C1. The molecule has 82 valence electrons. The Bertz CT molecular complexity index is 305. The molecule has 1 aromatic carbocycles. The second kappa shape index (κ2) is 4.26. The van der Waals surface area contributed by atoms with Crippen LogP contribution in [0.5, 0.6) is 0 Å². The summed E-state index contributed by atoms with van der Waals surface area (Å²) in [6.45, 7) is 4.75. The van der Waals surface area contributed by atoms with Crippen molar-refractivity contribution in [3.8, 4) is 0 Å². The molecule has 1 aliphatic rings. The molecule has 0 bridgehead atoms. The first-order valence-electron chi connectivity index (χ1n) is 6.00. The van der Waals surface area contributed by atoms with Gasteiger partial charge in [0.05, 0.1) is 0 Å². The summed E-state index contributed by atoms with van der Waals surface area (Å²) in [7, 11) is 0. The van der Waals surface area contributed by atoms with E-state index >= 15 is 0 Å². The molecule has 1 aromatic rings. The van der Waals surface area contributed by atoms with Gasteiger partial charge in [0.2, 0.25) is 0 Å². The van der Waals surface area contributed by atoms with E-state index in [0.717, 1.165) is 23.4 Å². The molecule has 2 atom stereocenters. The molecule has 0 unspecified atom stereocenters. The Morgan fingerprint density at radius 2 is 1.47 bits per heavy atom. The summed E-state index contributed by atoms with van der Waals surface area (Å²) in [5.41, 5.74) is 8.06. The van der Waals surface area contributed by atoms with Gasteiger partial charge in [-0.25, -0.2) is 0 Å². The molecule has 1 aliphatic carbocycles. The second-order valence-electron chi connectivity index (χ2n) is 5.28. The van der Waals surface area contributed by atoms with Gasteiger partial charge in [0.15, 0.2) is 0 Å². The van der Waals surface area contributed by atoms with E-state index in [1.54, 1.807) is 0 Å². The molecule has 1 fully saturated rings. The van der Waals surface area contributed by atoms with E-state index in [0.29, 0.717) is 0 Å². The van der Waals surface area contributed by atoms with Crippen molar-refractivity contribution in [2.45, 2.75) is 39.0 Å². The van der Waals surface area contributed by atoms with Crippen LogP contribution in [-0.2, 0) is 0 Å². The number of rotatable bonds is 1. The third kappa shape index (κ3) is 2.53. The topological polar surface area (TPSA) is 26.0 Å². The average Bonchev–Trinajstić information content (AvgIpc) is 2.17. The van der Waals surface area contributed by atoms with Crippen LogP contribution in [0.15, 0.2) is 24.3 Å². The fourth-order valence-corrected chi connectivity index (χ4v) is 2.99. The Morgan fingerprint density at radius 3 is 2.00 bits per heavy atom. The third-order valence-corrected chi connectivity index (χ3v) is 3.59. The zero-order chi connectivity index (χ0) is 10.8. The lowest BCUT2D eigenvalue weighted by Gasteiger charge is -2.31. The van der Waals surface area contributed by atoms with E-state index in [1.807, 2.05) is 12.1 Å². The number of hydrogen-bond donors (Lipinski definition) is 1. The van der Waals surface area contributed by atoms with E-state index in [-0.39, 0.29) is 0 Å². The van der Waals surface area contributed by atoms with Crippen LogP contribution in [0.25, 0.3) is 0 Å². The molecule has 0 amide bonds. The highest BCUT2D eigenvalue weighted by atomic mass is 14.5. The molecule has 1 nitrogen and oxygen atoms in total. The molecule has 0 aromatic heterocycles. The standard InChI is InChI=1S/C14H21N/c1-10-7-11(2)9-13(8-10)12-3-5-14(15)6-4-12/h3-6,10-11,13H,7-9,15H2,1-2H3/t10-,11-/m0/s1. The largest absolute Gasteiger partial charge is 0.399 e. The van der Waals surface area contributed by atoms with Crippen LogP contribution in [0.2, 0.25) is 0 Å². The van der Waals surface area contributed by atoms with Gasteiger partial charge >= 0.3 is 0 Å². The van der Waals surface area contributed by atoms with E-state index in [1.165, 1.54) is 24.8 Å². The van der Waals surface area contributed by atoms with Gasteiger partial charge in [-0.15, -0.1) is 0 Å². The highest BCUT2D eigenvalue weighted by molar-refractivity contribution is 5.40.